The summed E-state index contributed by atoms with van der Waals surface area (Å²) in [5, 5.41) is 12.8. The van der Waals surface area contributed by atoms with Crippen LogP contribution in [-0.2, 0) is 0 Å². The maximum absolute atomic E-state index is 13.2. The number of methoxy groups -OCH3 is 1. The van der Waals surface area contributed by atoms with Crippen LogP contribution in [0.1, 0.15) is 16.1 Å². The lowest BCUT2D eigenvalue weighted by atomic mass is 10.3. The van der Waals surface area contributed by atoms with Crippen LogP contribution in [-0.4, -0.2) is 28.0 Å². The van der Waals surface area contributed by atoms with Gasteiger partial charge in [0.15, 0.2) is 17.3 Å². The van der Waals surface area contributed by atoms with Gasteiger partial charge in [0.25, 0.3) is 0 Å². The predicted molar refractivity (Wildman–Crippen MR) is 61.8 cm³/mol. The van der Waals surface area contributed by atoms with Crippen molar-refractivity contribution in [2.24, 2.45) is 0 Å². The smallest absolute Gasteiger partial charge is 0.356 e. The number of carboxylic acid groups (broad SMARTS) is 1. The Bertz CT molecular complexity index is 607. The Kier molecular flexibility index (Phi) is 3.01. The van der Waals surface area contributed by atoms with Gasteiger partial charge in [-0.15, -0.1) is 0 Å². The first kappa shape index (κ1) is 12.1. The summed E-state index contributed by atoms with van der Waals surface area (Å²) in [6.07, 6.45) is 1.57. The van der Waals surface area contributed by atoms with Gasteiger partial charge in [-0.05, 0) is 19.1 Å². The zero-order chi connectivity index (χ0) is 13.3. The van der Waals surface area contributed by atoms with E-state index in [9.17, 15) is 9.18 Å². The molecule has 1 heterocycles. The highest BCUT2D eigenvalue weighted by Gasteiger charge is 2.14. The molecule has 0 radical (unpaired) electrons. The fourth-order valence-corrected chi connectivity index (χ4v) is 1.59. The van der Waals surface area contributed by atoms with Crippen LogP contribution in [0.3, 0.4) is 0 Å². The van der Waals surface area contributed by atoms with E-state index >= 15 is 0 Å². The van der Waals surface area contributed by atoms with E-state index in [4.69, 9.17) is 9.84 Å². The predicted octanol–water partition coefficient (Wildman–Crippen LogP) is 2.03. The molecule has 1 aromatic carbocycles. The molecule has 2 aromatic rings. The molecule has 0 saturated carbocycles. The summed E-state index contributed by atoms with van der Waals surface area (Å²) in [6.45, 7) is 1.65. The lowest BCUT2D eigenvalue weighted by molar-refractivity contribution is 0.0689. The normalized spacial score (nSPS) is 10.4. The Balaban J connectivity index is 2.49. The van der Waals surface area contributed by atoms with E-state index in [1.807, 2.05) is 0 Å². The zero-order valence-corrected chi connectivity index (χ0v) is 9.85. The van der Waals surface area contributed by atoms with Gasteiger partial charge in [-0.3, -0.25) is 0 Å². The van der Waals surface area contributed by atoms with Gasteiger partial charge < -0.3 is 9.84 Å². The Hall–Kier alpha value is -2.37. The van der Waals surface area contributed by atoms with Gasteiger partial charge in [-0.1, -0.05) is 0 Å². The third-order valence-corrected chi connectivity index (χ3v) is 2.50. The van der Waals surface area contributed by atoms with Gasteiger partial charge in [0.1, 0.15) is 0 Å². The Morgan fingerprint density at radius 2 is 2.22 bits per heavy atom. The van der Waals surface area contributed by atoms with Crippen LogP contribution in [0.15, 0.2) is 24.4 Å². The molecule has 0 unspecified atom stereocenters. The summed E-state index contributed by atoms with van der Waals surface area (Å²) < 4.78 is 19.5. The minimum absolute atomic E-state index is 0.0294. The number of halogens is 1. The summed E-state index contributed by atoms with van der Waals surface area (Å²) >= 11 is 0. The molecule has 2 rings (SSSR count). The number of aromatic nitrogens is 2. The second kappa shape index (κ2) is 4.48. The van der Waals surface area contributed by atoms with Crippen molar-refractivity contribution in [1.82, 2.24) is 9.78 Å². The molecule has 0 aliphatic rings. The number of nitrogens with zero attached hydrogens (tertiary/aromatic N) is 2. The average Bonchev–Trinajstić information content (AvgIpc) is 2.72. The molecule has 0 amide bonds. The third-order valence-electron chi connectivity index (χ3n) is 2.50. The van der Waals surface area contributed by atoms with Crippen LogP contribution in [0.2, 0.25) is 0 Å². The molecule has 94 valence electrons. The Morgan fingerprint density at radius 3 is 2.78 bits per heavy atom. The number of hydrogen-bond donors (Lipinski definition) is 1. The third kappa shape index (κ3) is 2.04. The number of benzene rings is 1. The topological polar surface area (TPSA) is 64.3 Å². The van der Waals surface area contributed by atoms with E-state index in [0.717, 1.165) is 0 Å². The van der Waals surface area contributed by atoms with Crippen molar-refractivity contribution < 1.29 is 19.0 Å². The molecule has 0 spiro atoms. The van der Waals surface area contributed by atoms with E-state index in [2.05, 4.69) is 5.10 Å². The number of carboxylic acids is 1. The molecule has 0 saturated heterocycles. The van der Waals surface area contributed by atoms with Crippen molar-refractivity contribution in [3.8, 4) is 11.4 Å². The summed E-state index contributed by atoms with van der Waals surface area (Å²) in [4.78, 5) is 10.9. The van der Waals surface area contributed by atoms with Crippen molar-refractivity contribution in [3.63, 3.8) is 0 Å². The van der Waals surface area contributed by atoms with Crippen LogP contribution < -0.4 is 4.74 Å². The lowest BCUT2D eigenvalue weighted by Gasteiger charge is -2.05. The molecule has 1 aromatic heterocycles. The van der Waals surface area contributed by atoms with E-state index in [1.165, 1.54) is 30.0 Å². The standard InChI is InChI=1S/C12H11FN2O3/c1-7-6-15(14-11(7)12(16)17)8-3-4-9(13)10(5-8)18-2/h3-6H,1-2H3,(H,16,17). The van der Waals surface area contributed by atoms with Gasteiger partial charge in [0.05, 0.1) is 12.8 Å². The minimum atomic E-state index is -1.10. The van der Waals surface area contributed by atoms with Crippen LogP contribution in [0.5, 0.6) is 5.75 Å². The molecule has 1 N–H and O–H groups in total. The fraction of sp³-hybridized carbons (Fsp3) is 0.167. The van der Waals surface area contributed by atoms with E-state index in [1.54, 1.807) is 13.1 Å². The number of aryl methyl sites for hydroxylation is 1. The first-order valence-electron chi connectivity index (χ1n) is 5.16. The molecule has 0 fully saturated rings. The number of hydrogen-bond acceptors (Lipinski definition) is 3. The maximum atomic E-state index is 13.2. The molecule has 0 aliphatic carbocycles. The van der Waals surface area contributed by atoms with Gasteiger partial charge >= 0.3 is 5.97 Å². The number of ether oxygens (including phenoxy) is 1. The fourth-order valence-electron chi connectivity index (χ4n) is 1.59. The highest BCUT2D eigenvalue weighted by molar-refractivity contribution is 5.86. The molecular weight excluding hydrogens is 239 g/mol. The quantitative estimate of drug-likeness (QED) is 0.905. The monoisotopic (exact) mass is 250 g/mol. The van der Waals surface area contributed by atoms with Gasteiger partial charge in [0, 0.05) is 17.8 Å². The van der Waals surface area contributed by atoms with Crippen molar-refractivity contribution in [2.75, 3.05) is 7.11 Å². The average molecular weight is 250 g/mol. The van der Waals surface area contributed by atoms with Crippen molar-refractivity contribution in [3.05, 3.63) is 41.5 Å². The number of rotatable bonds is 3. The van der Waals surface area contributed by atoms with Crippen molar-refractivity contribution in [2.45, 2.75) is 6.92 Å². The summed E-state index contributed by atoms with van der Waals surface area (Å²) in [5.41, 5.74) is 1.04. The highest BCUT2D eigenvalue weighted by Crippen LogP contribution is 2.21. The van der Waals surface area contributed by atoms with Gasteiger partial charge in [-0.2, -0.15) is 5.10 Å². The SMILES string of the molecule is COc1cc(-n2cc(C)c(C(=O)O)n2)ccc1F. The zero-order valence-electron chi connectivity index (χ0n) is 9.85. The minimum Gasteiger partial charge on any atom is -0.494 e. The van der Waals surface area contributed by atoms with E-state index in [-0.39, 0.29) is 11.4 Å². The summed E-state index contributed by atoms with van der Waals surface area (Å²) in [7, 11) is 1.36. The lowest BCUT2D eigenvalue weighted by Crippen LogP contribution is -2.02. The first-order valence-corrected chi connectivity index (χ1v) is 5.16. The molecule has 0 aliphatic heterocycles. The van der Waals surface area contributed by atoms with Crippen LogP contribution in [0.25, 0.3) is 5.69 Å². The number of aromatic carboxylic acids is 1. The van der Waals surface area contributed by atoms with Crippen LogP contribution in [0.4, 0.5) is 4.39 Å². The highest BCUT2D eigenvalue weighted by atomic mass is 19.1. The Morgan fingerprint density at radius 1 is 1.50 bits per heavy atom. The van der Waals surface area contributed by atoms with E-state index in [0.29, 0.717) is 11.3 Å². The number of carbonyl (C=O) groups is 1. The van der Waals surface area contributed by atoms with Crippen molar-refractivity contribution >= 4 is 5.97 Å². The Labute approximate surface area is 102 Å². The molecule has 0 atom stereocenters. The summed E-state index contributed by atoms with van der Waals surface area (Å²) in [5.74, 6) is -1.50. The van der Waals surface area contributed by atoms with E-state index < -0.39 is 11.8 Å². The van der Waals surface area contributed by atoms with Gasteiger partial charge in [-0.25, -0.2) is 13.9 Å². The molecule has 5 nitrogen and oxygen atoms in total. The summed E-state index contributed by atoms with van der Waals surface area (Å²) in [6, 6.07) is 4.19. The maximum Gasteiger partial charge on any atom is 0.356 e. The van der Waals surface area contributed by atoms with Gasteiger partial charge in [0.2, 0.25) is 0 Å². The second-order valence-corrected chi connectivity index (χ2v) is 3.73. The molecule has 6 heteroatoms. The van der Waals surface area contributed by atoms with Crippen molar-refractivity contribution in [1.29, 1.82) is 0 Å². The molecule has 0 bridgehead atoms. The first-order chi connectivity index (χ1) is 8.52. The van der Waals surface area contributed by atoms with Crippen LogP contribution >= 0.6 is 0 Å². The molecule has 18 heavy (non-hydrogen) atoms. The second-order valence-electron chi connectivity index (χ2n) is 3.73. The molecular formula is C12H11FN2O3. The van der Waals surface area contributed by atoms with Crippen LogP contribution in [0, 0.1) is 12.7 Å². The largest absolute Gasteiger partial charge is 0.494 e.